The highest BCUT2D eigenvalue weighted by Crippen LogP contribution is 2.37. The van der Waals surface area contributed by atoms with Gasteiger partial charge in [0.15, 0.2) is 0 Å². The molecule has 0 bridgehead atoms. The predicted octanol–water partition coefficient (Wildman–Crippen LogP) is 4.74. The Hall–Kier alpha value is -1.32. The second kappa shape index (κ2) is 7.50. The van der Waals surface area contributed by atoms with Crippen LogP contribution in [0.15, 0.2) is 35.7 Å². The van der Waals surface area contributed by atoms with E-state index in [1.165, 1.54) is 35.3 Å². The van der Waals surface area contributed by atoms with Gasteiger partial charge in [-0.2, -0.15) is 0 Å². The van der Waals surface area contributed by atoms with Gasteiger partial charge in [0, 0.05) is 17.5 Å². The van der Waals surface area contributed by atoms with E-state index in [4.69, 9.17) is 4.74 Å². The third kappa shape index (κ3) is 3.78. The number of benzene rings is 1. The summed E-state index contributed by atoms with van der Waals surface area (Å²) in [6.07, 6.45) is 4.92. The van der Waals surface area contributed by atoms with E-state index in [1.807, 2.05) is 11.3 Å². The van der Waals surface area contributed by atoms with Crippen molar-refractivity contribution in [3.8, 4) is 5.75 Å². The zero-order valence-corrected chi connectivity index (χ0v) is 15.2. The summed E-state index contributed by atoms with van der Waals surface area (Å²) in [5.74, 6) is 1.63. The van der Waals surface area contributed by atoms with Gasteiger partial charge in [0.25, 0.3) is 0 Å². The second-order valence-electron chi connectivity index (χ2n) is 6.61. The van der Waals surface area contributed by atoms with Crippen LogP contribution in [0.2, 0.25) is 0 Å². The topological polar surface area (TPSA) is 12.5 Å². The largest absolute Gasteiger partial charge is 0.497 e. The first-order valence-electron chi connectivity index (χ1n) is 8.58. The fourth-order valence-corrected chi connectivity index (χ4v) is 4.41. The van der Waals surface area contributed by atoms with Crippen molar-refractivity contribution in [2.75, 3.05) is 20.7 Å². The maximum absolute atomic E-state index is 5.39. The molecule has 2 atom stereocenters. The summed E-state index contributed by atoms with van der Waals surface area (Å²) in [7, 11) is 4.03. The van der Waals surface area contributed by atoms with Crippen molar-refractivity contribution in [2.45, 2.75) is 44.6 Å². The van der Waals surface area contributed by atoms with Gasteiger partial charge in [0.2, 0.25) is 0 Å². The minimum Gasteiger partial charge on any atom is -0.497 e. The molecule has 0 radical (unpaired) electrons. The van der Waals surface area contributed by atoms with E-state index in [0.717, 1.165) is 18.7 Å². The molecule has 2 aromatic rings. The fourth-order valence-electron chi connectivity index (χ4n) is 3.71. The van der Waals surface area contributed by atoms with Gasteiger partial charge in [0.1, 0.15) is 5.75 Å². The van der Waals surface area contributed by atoms with Crippen LogP contribution in [0.25, 0.3) is 0 Å². The lowest BCUT2D eigenvalue weighted by atomic mass is 9.78. The molecular weight excluding hydrogens is 302 g/mol. The second-order valence-corrected chi connectivity index (χ2v) is 7.65. The Balaban J connectivity index is 1.69. The standard InChI is InChI=1S/C20H27NOS/c1-15(21(2)12-11-18-7-5-13-23-18)19-8-4-6-16-14-17(22-3)9-10-20(16)19/h5,7,9-10,13-15,19H,4,6,8,11-12H2,1-3H3. The highest BCUT2D eigenvalue weighted by atomic mass is 32.1. The van der Waals surface area contributed by atoms with Crippen LogP contribution in [0.4, 0.5) is 0 Å². The molecule has 0 saturated heterocycles. The van der Waals surface area contributed by atoms with E-state index in [-0.39, 0.29) is 0 Å². The fraction of sp³-hybridized carbons (Fsp3) is 0.500. The van der Waals surface area contributed by atoms with Gasteiger partial charge >= 0.3 is 0 Å². The maximum Gasteiger partial charge on any atom is 0.119 e. The van der Waals surface area contributed by atoms with E-state index in [1.54, 1.807) is 7.11 Å². The maximum atomic E-state index is 5.39. The van der Waals surface area contributed by atoms with Gasteiger partial charge in [-0.15, -0.1) is 11.3 Å². The number of ether oxygens (including phenoxy) is 1. The Kier molecular flexibility index (Phi) is 5.39. The number of rotatable bonds is 6. The average molecular weight is 330 g/mol. The Morgan fingerprint density at radius 2 is 2.22 bits per heavy atom. The van der Waals surface area contributed by atoms with Crippen molar-refractivity contribution in [1.82, 2.24) is 4.90 Å². The molecule has 3 heteroatoms. The van der Waals surface area contributed by atoms with Crippen molar-refractivity contribution >= 4 is 11.3 Å². The molecule has 2 nitrogen and oxygen atoms in total. The molecule has 23 heavy (non-hydrogen) atoms. The van der Waals surface area contributed by atoms with Crippen LogP contribution in [0, 0.1) is 0 Å². The number of thiophene rings is 1. The lowest BCUT2D eigenvalue weighted by molar-refractivity contribution is 0.217. The Labute approximate surface area is 144 Å². The van der Waals surface area contributed by atoms with Crippen molar-refractivity contribution in [1.29, 1.82) is 0 Å². The molecule has 0 aliphatic heterocycles. The van der Waals surface area contributed by atoms with Crippen LogP contribution in [0.3, 0.4) is 0 Å². The summed E-state index contributed by atoms with van der Waals surface area (Å²) in [4.78, 5) is 4.02. The molecular formula is C20H27NOS. The van der Waals surface area contributed by atoms with Crippen molar-refractivity contribution in [3.05, 3.63) is 51.7 Å². The van der Waals surface area contributed by atoms with Crippen LogP contribution >= 0.6 is 11.3 Å². The lowest BCUT2D eigenvalue weighted by Gasteiger charge is -2.36. The minimum absolute atomic E-state index is 0.572. The third-order valence-electron chi connectivity index (χ3n) is 5.28. The van der Waals surface area contributed by atoms with Crippen LogP contribution in [0.1, 0.15) is 41.7 Å². The van der Waals surface area contributed by atoms with Crippen molar-refractivity contribution in [3.63, 3.8) is 0 Å². The van der Waals surface area contributed by atoms with Gasteiger partial charge in [0.05, 0.1) is 7.11 Å². The van der Waals surface area contributed by atoms with E-state index in [0.29, 0.717) is 12.0 Å². The van der Waals surface area contributed by atoms with E-state index >= 15 is 0 Å². The molecule has 124 valence electrons. The summed E-state index contributed by atoms with van der Waals surface area (Å²) in [5.41, 5.74) is 3.02. The van der Waals surface area contributed by atoms with Gasteiger partial charge in [-0.05, 0) is 80.3 Å². The van der Waals surface area contributed by atoms with Crippen LogP contribution < -0.4 is 4.74 Å². The SMILES string of the molecule is COc1ccc2c(c1)CCCC2C(C)N(C)CCc1cccs1. The summed E-state index contributed by atoms with van der Waals surface area (Å²) in [6, 6.07) is 11.6. The minimum atomic E-state index is 0.572. The van der Waals surface area contributed by atoms with Gasteiger partial charge < -0.3 is 9.64 Å². The third-order valence-corrected chi connectivity index (χ3v) is 6.22. The Morgan fingerprint density at radius 1 is 1.35 bits per heavy atom. The first kappa shape index (κ1) is 16.5. The van der Waals surface area contributed by atoms with E-state index in [2.05, 4.69) is 54.6 Å². The highest BCUT2D eigenvalue weighted by Gasteiger charge is 2.27. The highest BCUT2D eigenvalue weighted by molar-refractivity contribution is 7.09. The van der Waals surface area contributed by atoms with Crippen molar-refractivity contribution < 1.29 is 4.74 Å². The number of hydrogen-bond donors (Lipinski definition) is 0. The molecule has 3 rings (SSSR count). The molecule has 2 unspecified atom stereocenters. The smallest absolute Gasteiger partial charge is 0.119 e. The molecule has 0 amide bonds. The Bertz CT molecular complexity index is 623. The Morgan fingerprint density at radius 3 is 2.96 bits per heavy atom. The molecule has 0 spiro atoms. The number of hydrogen-bond acceptors (Lipinski definition) is 3. The zero-order valence-electron chi connectivity index (χ0n) is 14.4. The molecule has 1 aliphatic rings. The summed E-state index contributed by atoms with van der Waals surface area (Å²) < 4.78 is 5.39. The molecule has 0 N–H and O–H groups in total. The number of likely N-dealkylation sites (N-methyl/N-ethyl adjacent to an activating group) is 1. The van der Waals surface area contributed by atoms with E-state index in [9.17, 15) is 0 Å². The molecule has 1 aliphatic carbocycles. The molecule has 1 aromatic heterocycles. The quantitative estimate of drug-likeness (QED) is 0.759. The monoisotopic (exact) mass is 329 g/mol. The summed E-state index contributed by atoms with van der Waals surface area (Å²) in [5, 5.41) is 2.17. The first-order chi connectivity index (χ1) is 11.2. The number of fused-ring (bicyclic) bond motifs is 1. The molecule has 1 aromatic carbocycles. The van der Waals surface area contributed by atoms with Crippen molar-refractivity contribution in [2.24, 2.45) is 0 Å². The average Bonchev–Trinajstić information content (AvgIpc) is 3.11. The zero-order chi connectivity index (χ0) is 16.2. The number of nitrogens with zero attached hydrogens (tertiary/aromatic N) is 1. The summed E-state index contributed by atoms with van der Waals surface area (Å²) >= 11 is 1.86. The van der Waals surface area contributed by atoms with E-state index < -0.39 is 0 Å². The molecule has 0 saturated carbocycles. The lowest BCUT2D eigenvalue weighted by Crippen LogP contribution is -2.37. The van der Waals surface area contributed by atoms with Gasteiger partial charge in [-0.3, -0.25) is 0 Å². The van der Waals surface area contributed by atoms with Crippen LogP contribution in [0.5, 0.6) is 5.75 Å². The van der Waals surface area contributed by atoms with Crippen LogP contribution in [-0.4, -0.2) is 31.6 Å². The molecule has 1 heterocycles. The predicted molar refractivity (Wildman–Crippen MR) is 98.8 cm³/mol. The summed E-state index contributed by atoms with van der Waals surface area (Å²) in [6.45, 7) is 3.52. The van der Waals surface area contributed by atoms with Gasteiger partial charge in [-0.25, -0.2) is 0 Å². The normalized spacial score (nSPS) is 18.7. The number of aryl methyl sites for hydroxylation is 1. The van der Waals surface area contributed by atoms with Gasteiger partial charge in [-0.1, -0.05) is 12.1 Å². The first-order valence-corrected chi connectivity index (χ1v) is 9.46. The van der Waals surface area contributed by atoms with Crippen LogP contribution in [-0.2, 0) is 12.8 Å². The molecule has 0 fully saturated rings. The number of methoxy groups -OCH3 is 1.